The van der Waals surface area contributed by atoms with Gasteiger partial charge in [0.05, 0.1) is 13.2 Å². The van der Waals surface area contributed by atoms with Crippen LogP contribution in [0.4, 0.5) is 9.59 Å². The second-order valence-electron chi connectivity index (χ2n) is 5.96. The highest BCUT2D eigenvalue weighted by Gasteiger charge is 2.25. The second-order valence-corrected chi connectivity index (χ2v) is 5.96. The highest BCUT2D eigenvalue weighted by atomic mass is 16.6. The number of hydrogen-bond acceptors (Lipinski definition) is 5. The SMILES string of the molecule is CCOC(=O)C(CNC(=O)NC(C)C)NC(=O)OC(C)(C)C. The van der Waals surface area contributed by atoms with Crippen LogP contribution in [0, 0.1) is 0 Å². The maximum Gasteiger partial charge on any atom is 0.408 e. The molecule has 0 aromatic rings. The van der Waals surface area contributed by atoms with Crippen molar-refractivity contribution < 1.29 is 23.9 Å². The van der Waals surface area contributed by atoms with Crippen molar-refractivity contribution in [1.29, 1.82) is 0 Å². The van der Waals surface area contributed by atoms with Crippen molar-refractivity contribution in [2.45, 2.75) is 59.2 Å². The van der Waals surface area contributed by atoms with Gasteiger partial charge in [0.25, 0.3) is 0 Å². The quantitative estimate of drug-likeness (QED) is 0.637. The number of alkyl carbamates (subject to hydrolysis) is 1. The van der Waals surface area contributed by atoms with Crippen LogP contribution in [-0.4, -0.2) is 48.9 Å². The minimum absolute atomic E-state index is 0.0418. The minimum atomic E-state index is -1.02. The van der Waals surface area contributed by atoms with Gasteiger partial charge in [-0.15, -0.1) is 0 Å². The topological polar surface area (TPSA) is 106 Å². The summed E-state index contributed by atoms with van der Waals surface area (Å²) in [6, 6.07) is -1.50. The lowest BCUT2D eigenvalue weighted by Crippen LogP contribution is -2.52. The van der Waals surface area contributed by atoms with E-state index in [0.717, 1.165) is 0 Å². The number of ether oxygens (including phenoxy) is 2. The highest BCUT2D eigenvalue weighted by molar-refractivity contribution is 5.83. The van der Waals surface area contributed by atoms with Gasteiger partial charge in [0.1, 0.15) is 11.6 Å². The number of urea groups is 1. The zero-order valence-corrected chi connectivity index (χ0v) is 14.1. The molecule has 0 aromatic carbocycles. The summed E-state index contributed by atoms with van der Waals surface area (Å²) in [4.78, 5) is 35.1. The predicted octanol–water partition coefficient (Wildman–Crippen LogP) is 1.15. The fraction of sp³-hybridized carbons (Fsp3) is 0.786. The van der Waals surface area contributed by atoms with Gasteiger partial charge in [0.2, 0.25) is 0 Å². The highest BCUT2D eigenvalue weighted by Crippen LogP contribution is 2.06. The molecular formula is C14H27N3O5. The first kappa shape index (κ1) is 20.0. The summed E-state index contributed by atoms with van der Waals surface area (Å²) < 4.78 is 9.95. The Labute approximate surface area is 131 Å². The van der Waals surface area contributed by atoms with Gasteiger partial charge in [0.15, 0.2) is 0 Å². The van der Waals surface area contributed by atoms with Gasteiger partial charge in [-0.2, -0.15) is 0 Å². The van der Waals surface area contributed by atoms with Crippen LogP contribution in [0.15, 0.2) is 0 Å². The predicted molar refractivity (Wildman–Crippen MR) is 81.5 cm³/mol. The van der Waals surface area contributed by atoms with E-state index in [1.807, 2.05) is 0 Å². The monoisotopic (exact) mass is 317 g/mol. The van der Waals surface area contributed by atoms with Gasteiger partial charge in [-0.3, -0.25) is 0 Å². The summed E-state index contributed by atoms with van der Waals surface area (Å²) in [5.41, 5.74) is -0.689. The molecule has 1 atom stereocenters. The first-order valence-corrected chi connectivity index (χ1v) is 7.25. The maximum absolute atomic E-state index is 11.8. The Morgan fingerprint density at radius 2 is 1.68 bits per heavy atom. The second kappa shape index (κ2) is 9.11. The smallest absolute Gasteiger partial charge is 0.408 e. The van der Waals surface area contributed by atoms with E-state index in [1.54, 1.807) is 41.5 Å². The van der Waals surface area contributed by atoms with Crippen LogP contribution in [0.3, 0.4) is 0 Å². The molecule has 3 amide bonds. The molecule has 0 heterocycles. The molecule has 1 unspecified atom stereocenters. The van der Waals surface area contributed by atoms with Crippen molar-refractivity contribution >= 4 is 18.1 Å². The average molecular weight is 317 g/mol. The molecule has 0 rings (SSSR count). The van der Waals surface area contributed by atoms with Crippen molar-refractivity contribution in [3.05, 3.63) is 0 Å². The van der Waals surface area contributed by atoms with Crippen molar-refractivity contribution in [1.82, 2.24) is 16.0 Å². The number of carbonyl (C=O) groups excluding carboxylic acids is 3. The van der Waals surface area contributed by atoms with Crippen molar-refractivity contribution in [2.24, 2.45) is 0 Å². The molecule has 0 saturated carbocycles. The third kappa shape index (κ3) is 9.84. The molecule has 22 heavy (non-hydrogen) atoms. The minimum Gasteiger partial charge on any atom is -0.464 e. The number of nitrogens with one attached hydrogen (secondary N) is 3. The maximum atomic E-state index is 11.8. The normalized spacial score (nSPS) is 12.3. The number of hydrogen-bond donors (Lipinski definition) is 3. The molecule has 0 saturated heterocycles. The molecule has 0 radical (unpaired) electrons. The molecule has 8 heteroatoms. The van der Waals surface area contributed by atoms with Crippen molar-refractivity contribution in [3.8, 4) is 0 Å². The molecule has 0 spiro atoms. The van der Waals surface area contributed by atoms with Crippen LogP contribution in [0.1, 0.15) is 41.5 Å². The van der Waals surface area contributed by atoms with E-state index >= 15 is 0 Å². The largest absolute Gasteiger partial charge is 0.464 e. The zero-order chi connectivity index (χ0) is 17.3. The first-order chi connectivity index (χ1) is 10.0. The van der Waals surface area contributed by atoms with Crippen LogP contribution < -0.4 is 16.0 Å². The molecule has 8 nitrogen and oxygen atoms in total. The van der Waals surface area contributed by atoms with Gasteiger partial charge in [-0.05, 0) is 41.5 Å². The van der Waals surface area contributed by atoms with Gasteiger partial charge in [-0.25, -0.2) is 14.4 Å². The van der Waals surface area contributed by atoms with Crippen LogP contribution in [0.25, 0.3) is 0 Å². The molecule has 0 aliphatic heterocycles. The van der Waals surface area contributed by atoms with E-state index in [2.05, 4.69) is 16.0 Å². The Morgan fingerprint density at radius 3 is 2.14 bits per heavy atom. The molecule has 0 fully saturated rings. The Kier molecular flexibility index (Phi) is 8.29. The fourth-order valence-electron chi connectivity index (χ4n) is 1.39. The molecular weight excluding hydrogens is 290 g/mol. The number of rotatable bonds is 6. The van der Waals surface area contributed by atoms with E-state index in [-0.39, 0.29) is 19.2 Å². The molecule has 0 bridgehead atoms. The summed E-state index contributed by atoms with van der Waals surface area (Å²) in [5, 5.41) is 7.50. The van der Waals surface area contributed by atoms with E-state index in [0.29, 0.717) is 0 Å². The van der Waals surface area contributed by atoms with Crippen LogP contribution >= 0.6 is 0 Å². The molecule has 3 N–H and O–H groups in total. The molecule has 0 aromatic heterocycles. The van der Waals surface area contributed by atoms with Crippen molar-refractivity contribution in [2.75, 3.05) is 13.2 Å². The van der Waals surface area contributed by atoms with E-state index in [4.69, 9.17) is 9.47 Å². The van der Waals surface area contributed by atoms with Crippen LogP contribution in [-0.2, 0) is 14.3 Å². The van der Waals surface area contributed by atoms with E-state index in [1.165, 1.54) is 0 Å². The van der Waals surface area contributed by atoms with E-state index < -0.39 is 29.7 Å². The standard InChI is InChI=1S/C14H27N3O5/c1-7-21-11(18)10(8-15-12(19)16-9(2)3)17-13(20)22-14(4,5)6/h9-10H,7-8H2,1-6H3,(H,17,20)(H2,15,16,19). The first-order valence-electron chi connectivity index (χ1n) is 7.25. The molecule has 0 aliphatic rings. The van der Waals surface area contributed by atoms with Gasteiger partial charge >= 0.3 is 18.1 Å². The summed E-state index contributed by atoms with van der Waals surface area (Å²) in [5.74, 6) is -0.641. The Morgan fingerprint density at radius 1 is 1.09 bits per heavy atom. The lowest BCUT2D eigenvalue weighted by Gasteiger charge is -2.23. The summed E-state index contributed by atoms with van der Waals surface area (Å²) in [6.07, 6.45) is -0.753. The van der Waals surface area contributed by atoms with Crippen LogP contribution in [0.2, 0.25) is 0 Å². The Hall–Kier alpha value is -1.99. The third-order valence-corrected chi connectivity index (χ3v) is 2.15. The molecule has 128 valence electrons. The number of esters is 1. The lowest BCUT2D eigenvalue weighted by molar-refractivity contribution is -0.145. The van der Waals surface area contributed by atoms with E-state index in [9.17, 15) is 14.4 Å². The Bertz CT molecular complexity index is 390. The van der Waals surface area contributed by atoms with Crippen molar-refractivity contribution in [3.63, 3.8) is 0 Å². The Balaban J connectivity index is 4.60. The van der Waals surface area contributed by atoms with Crippen LogP contribution in [0.5, 0.6) is 0 Å². The van der Waals surface area contributed by atoms with Gasteiger partial charge in [0, 0.05) is 6.04 Å². The molecule has 0 aliphatic carbocycles. The summed E-state index contributed by atoms with van der Waals surface area (Å²) in [7, 11) is 0. The number of amides is 3. The van der Waals surface area contributed by atoms with Gasteiger partial charge in [-0.1, -0.05) is 0 Å². The average Bonchev–Trinajstić information content (AvgIpc) is 2.31. The zero-order valence-electron chi connectivity index (χ0n) is 14.1. The lowest BCUT2D eigenvalue weighted by atomic mass is 10.2. The third-order valence-electron chi connectivity index (χ3n) is 2.15. The van der Waals surface area contributed by atoms with Gasteiger partial charge < -0.3 is 25.4 Å². The fourth-order valence-corrected chi connectivity index (χ4v) is 1.39. The number of carbonyl (C=O) groups is 3. The summed E-state index contributed by atoms with van der Waals surface area (Å²) >= 11 is 0. The summed E-state index contributed by atoms with van der Waals surface area (Å²) in [6.45, 7) is 10.5.